The zero-order valence-corrected chi connectivity index (χ0v) is 22.0. The molecule has 0 amide bonds. The highest BCUT2D eigenvalue weighted by Gasteiger charge is 2.38. The molecule has 1 unspecified atom stereocenters. The molecular formula is C30H25F5N2OS. The Balaban J connectivity index is 1.78. The molecule has 5 rings (SSSR count). The second kappa shape index (κ2) is 10.3. The molecule has 1 aromatic heterocycles. The van der Waals surface area contributed by atoms with Gasteiger partial charge in [-0.1, -0.05) is 54.6 Å². The normalized spacial score (nSPS) is 15.8. The molecule has 2 heterocycles. The van der Waals surface area contributed by atoms with E-state index in [9.17, 15) is 22.4 Å². The topological polar surface area (TPSA) is 48.0 Å². The molecule has 0 bridgehead atoms. The van der Waals surface area contributed by atoms with Crippen LogP contribution in [0.1, 0.15) is 45.5 Å². The predicted molar refractivity (Wildman–Crippen MR) is 143 cm³/mol. The molecule has 1 aliphatic rings. The SMILES string of the molecule is Cc1cccc(-c2c(C)c(Cc3c(F)cccc3C(F)(F)F)c3n(c2=O)[C@H](C(N)c2ccccc2)CS3)c1F. The maximum atomic E-state index is 15.4. The first-order chi connectivity index (χ1) is 18.5. The Bertz CT molecular complexity index is 1610. The van der Waals surface area contributed by atoms with Gasteiger partial charge in [0.1, 0.15) is 11.6 Å². The summed E-state index contributed by atoms with van der Waals surface area (Å²) in [6.45, 7) is 3.15. The van der Waals surface area contributed by atoms with Gasteiger partial charge in [0, 0.05) is 23.3 Å². The lowest BCUT2D eigenvalue weighted by atomic mass is 9.91. The van der Waals surface area contributed by atoms with E-state index in [1.54, 1.807) is 26.0 Å². The van der Waals surface area contributed by atoms with E-state index in [1.807, 2.05) is 30.3 Å². The Labute approximate surface area is 226 Å². The molecule has 0 spiro atoms. The Morgan fingerprint density at radius 2 is 1.67 bits per heavy atom. The number of alkyl halides is 3. The number of benzene rings is 3. The van der Waals surface area contributed by atoms with E-state index in [1.165, 1.54) is 22.4 Å². The van der Waals surface area contributed by atoms with E-state index < -0.39 is 53.0 Å². The fourth-order valence-corrected chi connectivity index (χ4v) is 6.68. The lowest BCUT2D eigenvalue weighted by molar-refractivity contribution is -0.138. The Morgan fingerprint density at radius 3 is 2.36 bits per heavy atom. The lowest BCUT2D eigenvalue weighted by Gasteiger charge is -2.25. The molecule has 2 N–H and O–H groups in total. The maximum Gasteiger partial charge on any atom is 0.416 e. The van der Waals surface area contributed by atoms with Crippen LogP contribution >= 0.6 is 11.8 Å². The molecule has 0 saturated carbocycles. The van der Waals surface area contributed by atoms with Crippen LogP contribution in [0.25, 0.3) is 11.1 Å². The number of aromatic nitrogens is 1. The summed E-state index contributed by atoms with van der Waals surface area (Å²) in [5.41, 5.74) is 6.35. The van der Waals surface area contributed by atoms with Crippen LogP contribution in [0.5, 0.6) is 0 Å². The molecule has 39 heavy (non-hydrogen) atoms. The zero-order chi connectivity index (χ0) is 28.1. The predicted octanol–water partition coefficient (Wildman–Crippen LogP) is 7.37. The van der Waals surface area contributed by atoms with Gasteiger partial charge in [-0.05, 0) is 48.2 Å². The number of nitrogens with two attached hydrogens (primary N) is 1. The minimum atomic E-state index is -4.78. The summed E-state index contributed by atoms with van der Waals surface area (Å²) in [6.07, 6.45) is -5.21. The summed E-state index contributed by atoms with van der Waals surface area (Å²) in [6, 6.07) is 15.5. The first-order valence-electron chi connectivity index (χ1n) is 12.3. The molecule has 0 radical (unpaired) electrons. The number of nitrogens with zero attached hydrogens (tertiary/aromatic N) is 1. The van der Waals surface area contributed by atoms with E-state index in [2.05, 4.69) is 0 Å². The van der Waals surface area contributed by atoms with Crippen molar-refractivity contribution >= 4 is 11.8 Å². The zero-order valence-electron chi connectivity index (χ0n) is 21.2. The third-order valence-corrected chi connectivity index (χ3v) is 8.52. The van der Waals surface area contributed by atoms with E-state index in [-0.39, 0.29) is 11.1 Å². The van der Waals surface area contributed by atoms with Gasteiger partial charge in [0.05, 0.1) is 28.2 Å². The molecule has 0 fully saturated rings. The van der Waals surface area contributed by atoms with Gasteiger partial charge < -0.3 is 5.73 Å². The highest BCUT2D eigenvalue weighted by atomic mass is 32.2. The number of hydrogen-bond acceptors (Lipinski definition) is 3. The van der Waals surface area contributed by atoms with Crippen LogP contribution in [-0.2, 0) is 12.6 Å². The molecule has 3 nitrogen and oxygen atoms in total. The number of thioether (sulfide) groups is 1. The molecule has 2 atom stereocenters. The van der Waals surface area contributed by atoms with Crippen LogP contribution in [0.3, 0.4) is 0 Å². The molecule has 4 aromatic rings. The second-order valence-electron chi connectivity index (χ2n) is 9.65. The van der Waals surface area contributed by atoms with Gasteiger partial charge in [0.2, 0.25) is 0 Å². The number of hydrogen-bond donors (Lipinski definition) is 1. The smallest absolute Gasteiger partial charge is 0.322 e. The summed E-state index contributed by atoms with van der Waals surface area (Å²) in [5.74, 6) is -1.22. The van der Waals surface area contributed by atoms with E-state index in [0.29, 0.717) is 27.5 Å². The Hall–Kier alpha value is -3.43. The molecule has 9 heteroatoms. The van der Waals surface area contributed by atoms with Gasteiger partial charge in [-0.2, -0.15) is 13.2 Å². The number of fused-ring (bicyclic) bond motifs is 1. The van der Waals surface area contributed by atoms with Gasteiger partial charge in [0.25, 0.3) is 5.56 Å². The van der Waals surface area contributed by atoms with Crippen molar-refractivity contribution in [2.24, 2.45) is 5.73 Å². The number of halogens is 5. The third-order valence-electron chi connectivity index (χ3n) is 7.30. The highest BCUT2D eigenvalue weighted by Crippen LogP contribution is 2.44. The van der Waals surface area contributed by atoms with Crippen LogP contribution < -0.4 is 11.3 Å². The molecule has 3 aromatic carbocycles. The summed E-state index contributed by atoms with van der Waals surface area (Å²) in [4.78, 5) is 14.1. The average Bonchev–Trinajstić information content (AvgIpc) is 3.34. The van der Waals surface area contributed by atoms with Gasteiger partial charge in [-0.15, -0.1) is 11.8 Å². The van der Waals surface area contributed by atoms with Crippen molar-refractivity contribution in [3.8, 4) is 11.1 Å². The Kier molecular flexibility index (Phi) is 7.15. The van der Waals surface area contributed by atoms with Gasteiger partial charge in [-0.3, -0.25) is 9.36 Å². The number of aryl methyl sites for hydroxylation is 1. The van der Waals surface area contributed by atoms with Crippen LogP contribution in [0.4, 0.5) is 22.0 Å². The van der Waals surface area contributed by atoms with Crippen molar-refractivity contribution in [3.63, 3.8) is 0 Å². The largest absolute Gasteiger partial charge is 0.416 e. The van der Waals surface area contributed by atoms with Crippen LogP contribution in [0, 0.1) is 25.5 Å². The van der Waals surface area contributed by atoms with Crippen molar-refractivity contribution in [3.05, 3.63) is 122 Å². The monoisotopic (exact) mass is 556 g/mol. The van der Waals surface area contributed by atoms with E-state index >= 15 is 4.39 Å². The minimum absolute atomic E-state index is 0.0348. The van der Waals surface area contributed by atoms with Crippen LogP contribution in [-0.4, -0.2) is 10.3 Å². The summed E-state index contributed by atoms with van der Waals surface area (Å²) in [5, 5.41) is 0.419. The van der Waals surface area contributed by atoms with Crippen molar-refractivity contribution in [1.82, 2.24) is 4.57 Å². The summed E-state index contributed by atoms with van der Waals surface area (Å²) in [7, 11) is 0. The number of pyridine rings is 1. The van der Waals surface area contributed by atoms with E-state index in [0.717, 1.165) is 23.8 Å². The quantitative estimate of drug-likeness (QED) is 0.261. The van der Waals surface area contributed by atoms with Crippen molar-refractivity contribution in [1.29, 1.82) is 0 Å². The molecule has 0 saturated heterocycles. The highest BCUT2D eigenvalue weighted by molar-refractivity contribution is 7.99. The van der Waals surface area contributed by atoms with Crippen molar-refractivity contribution in [2.45, 2.75) is 43.6 Å². The van der Waals surface area contributed by atoms with Crippen LogP contribution in [0.15, 0.2) is 76.6 Å². The fourth-order valence-electron chi connectivity index (χ4n) is 5.23. The number of rotatable bonds is 5. The fraction of sp³-hybridized carbons (Fsp3) is 0.233. The lowest BCUT2D eigenvalue weighted by Crippen LogP contribution is -2.33. The first-order valence-corrected chi connectivity index (χ1v) is 13.3. The maximum absolute atomic E-state index is 15.4. The Morgan fingerprint density at radius 1 is 0.974 bits per heavy atom. The van der Waals surface area contributed by atoms with Crippen LogP contribution in [0.2, 0.25) is 0 Å². The van der Waals surface area contributed by atoms with Gasteiger partial charge in [0.15, 0.2) is 0 Å². The standard InChI is InChI=1S/C30H25F5N2OS/c1-16-8-6-11-19(26(16)32)25-17(2)20(14-21-22(30(33,34)35)12-7-13-23(21)31)29-37(28(25)38)24(15-39-29)27(36)18-9-4-3-5-10-18/h3-13,24,27H,14-15,36H2,1-2H3/t24-,27?/m0/s1. The first kappa shape index (κ1) is 27.1. The molecule has 1 aliphatic heterocycles. The minimum Gasteiger partial charge on any atom is -0.322 e. The summed E-state index contributed by atoms with van der Waals surface area (Å²) >= 11 is 1.29. The molecule has 202 valence electrons. The van der Waals surface area contributed by atoms with Gasteiger partial charge in [-0.25, -0.2) is 8.78 Å². The molecule has 0 aliphatic carbocycles. The van der Waals surface area contributed by atoms with E-state index in [4.69, 9.17) is 5.73 Å². The van der Waals surface area contributed by atoms with Gasteiger partial charge >= 0.3 is 6.18 Å². The van der Waals surface area contributed by atoms with Crippen molar-refractivity contribution in [2.75, 3.05) is 5.75 Å². The summed E-state index contributed by atoms with van der Waals surface area (Å²) < 4.78 is 73.4. The second-order valence-corrected chi connectivity index (χ2v) is 10.7. The average molecular weight is 557 g/mol. The van der Waals surface area contributed by atoms with Crippen molar-refractivity contribution < 1.29 is 22.0 Å². The third kappa shape index (κ3) is 4.78. The molecular weight excluding hydrogens is 531 g/mol.